The number of imidazole rings is 1. The van der Waals surface area contributed by atoms with Crippen LogP contribution in [0, 0.1) is 5.82 Å². The van der Waals surface area contributed by atoms with Crippen molar-refractivity contribution in [2.45, 2.75) is 19.5 Å². The van der Waals surface area contributed by atoms with Crippen molar-refractivity contribution in [3.63, 3.8) is 0 Å². The lowest BCUT2D eigenvalue weighted by Gasteiger charge is -2.25. The molecule has 0 bridgehead atoms. The minimum Gasteiger partial charge on any atom is -0.494 e. The summed E-state index contributed by atoms with van der Waals surface area (Å²) >= 11 is 0. The summed E-state index contributed by atoms with van der Waals surface area (Å²) in [5, 5.41) is 0. The second kappa shape index (κ2) is 8.49. The number of aromatic nitrogens is 2. The Hall–Kier alpha value is -2.34. The average molecular weight is 331 g/mol. The molecule has 2 heterocycles. The molecule has 0 aliphatic carbocycles. The fourth-order valence-electron chi connectivity index (χ4n) is 2.67. The van der Waals surface area contributed by atoms with Crippen LogP contribution in [0.3, 0.4) is 0 Å². The van der Waals surface area contributed by atoms with Crippen LogP contribution >= 0.6 is 0 Å². The molecule has 0 fully saturated rings. The molecule has 128 valence electrons. The van der Waals surface area contributed by atoms with Gasteiger partial charge < -0.3 is 14.0 Å². The molecule has 0 radical (unpaired) electrons. The van der Waals surface area contributed by atoms with Gasteiger partial charge in [0.2, 0.25) is 0 Å². The van der Waals surface area contributed by atoms with Crippen LogP contribution in [0.1, 0.15) is 12.0 Å². The fourth-order valence-corrected chi connectivity index (χ4v) is 2.67. The molecular weight excluding hydrogens is 309 g/mol. The third-order valence-corrected chi connectivity index (χ3v) is 3.85. The Morgan fingerprint density at radius 1 is 1.17 bits per heavy atom. The van der Waals surface area contributed by atoms with Gasteiger partial charge in [0.15, 0.2) is 0 Å². The summed E-state index contributed by atoms with van der Waals surface area (Å²) in [6, 6.07) is 6.65. The molecule has 24 heavy (non-hydrogen) atoms. The molecule has 0 amide bonds. The lowest BCUT2D eigenvalue weighted by Crippen LogP contribution is -2.29. The highest BCUT2D eigenvalue weighted by Crippen LogP contribution is 2.12. The molecule has 6 heteroatoms. The summed E-state index contributed by atoms with van der Waals surface area (Å²) in [5.41, 5.74) is 1.08. The van der Waals surface area contributed by atoms with E-state index in [1.165, 1.54) is 12.1 Å². The predicted octanol–water partition coefficient (Wildman–Crippen LogP) is 2.80. The smallest absolute Gasteiger partial charge is 0.144 e. The number of ether oxygens (including phenoxy) is 2. The van der Waals surface area contributed by atoms with Gasteiger partial charge in [0.05, 0.1) is 12.9 Å². The molecule has 5 nitrogen and oxygen atoms in total. The van der Waals surface area contributed by atoms with Crippen LogP contribution in [-0.4, -0.2) is 40.8 Å². The quantitative estimate of drug-likeness (QED) is 0.746. The van der Waals surface area contributed by atoms with Gasteiger partial charge >= 0.3 is 0 Å². The van der Waals surface area contributed by atoms with E-state index in [9.17, 15) is 4.39 Å². The predicted molar refractivity (Wildman–Crippen MR) is 88.5 cm³/mol. The largest absolute Gasteiger partial charge is 0.494 e. The van der Waals surface area contributed by atoms with E-state index in [1.54, 1.807) is 12.5 Å². The fraction of sp³-hybridized carbons (Fsp3) is 0.389. The highest BCUT2D eigenvalue weighted by atomic mass is 19.1. The van der Waals surface area contributed by atoms with Gasteiger partial charge in [-0.15, -0.1) is 0 Å². The lowest BCUT2D eigenvalue weighted by molar-refractivity contribution is 0.0679. The molecule has 1 aliphatic rings. The van der Waals surface area contributed by atoms with Crippen molar-refractivity contribution in [3.8, 4) is 0 Å². The van der Waals surface area contributed by atoms with Crippen molar-refractivity contribution < 1.29 is 13.9 Å². The molecular formula is C18H22FN3O2. The molecule has 1 aromatic heterocycles. The molecule has 0 N–H and O–H groups in total. The van der Waals surface area contributed by atoms with Gasteiger partial charge in [-0.1, -0.05) is 12.1 Å². The molecule has 0 unspecified atom stereocenters. The van der Waals surface area contributed by atoms with Crippen molar-refractivity contribution in [3.05, 3.63) is 66.4 Å². The maximum absolute atomic E-state index is 13.1. The highest BCUT2D eigenvalue weighted by molar-refractivity contribution is 5.16. The number of rotatable bonds is 8. The minimum absolute atomic E-state index is 0.211. The normalized spacial score (nSPS) is 14.2. The van der Waals surface area contributed by atoms with Crippen LogP contribution in [0.15, 0.2) is 55.0 Å². The van der Waals surface area contributed by atoms with Crippen molar-refractivity contribution in [2.75, 3.05) is 26.3 Å². The standard InChI is InChI=1S/C18H22FN3O2/c19-17-4-2-16(3-5-17)12-22(13-18-14-23-10-11-24-18)8-1-7-21-9-6-20-15-21/h2-6,9,14-15H,1,7-8,10-13H2. The molecule has 3 rings (SSSR count). The summed E-state index contributed by atoms with van der Waals surface area (Å²) in [4.78, 5) is 6.34. The monoisotopic (exact) mass is 331 g/mol. The summed E-state index contributed by atoms with van der Waals surface area (Å²) < 4.78 is 26.1. The van der Waals surface area contributed by atoms with Gasteiger partial charge in [0.1, 0.15) is 31.1 Å². The molecule has 0 saturated heterocycles. The third-order valence-electron chi connectivity index (χ3n) is 3.85. The first kappa shape index (κ1) is 16.5. The zero-order valence-corrected chi connectivity index (χ0v) is 13.6. The van der Waals surface area contributed by atoms with Gasteiger partial charge in [-0.2, -0.15) is 0 Å². The van der Waals surface area contributed by atoms with Crippen LogP contribution in [0.5, 0.6) is 0 Å². The van der Waals surface area contributed by atoms with Crippen LogP contribution in [0.25, 0.3) is 0 Å². The zero-order valence-electron chi connectivity index (χ0n) is 13.6. The summed E-state index contributed by atoms with van der Waals surface area (Å²) in [5.74, 6) is 0.628. The van der Waals surface area contributed by atoms with Gasteiger partial charge in [0, 0.05) is 32.0 Å². The molecule has 0 spiro atoms. The topological polar surface area (TPSA) is 39.5 Å². The maximum atomic E-state index is 13.1. The molecule has 1 aromatic carbocycles. The van der Waals surface area contributed by atoms with Crippen molar-refractivity contribution >= 4 is 0 Å². The van der Waals surface area contributed by atoms with Crippen LogP contribution in [0.2, 0.25) is 0 Å². The molecule has 2 aromatic rings. The zero-order chi connectivity index (χ0) is 16.6. The van der Waals surface area contributed by atoms with Gasteiger partial charge in [-0.05, 0) is 24.1 Å². The van der Waals surface area contributed by atoms with E-state index in [1.807, 2.05) is 24.7 Å². The van der Waals surface area contributed by atoms with E-state index in [2.05, 4.69) is 14.5 Å². The average Bonchev–Trinajstić information content (AvgIpc) is 3.11. The number of hydrogen-bond acceptors (Lipinski definition) is 4. The summed E-state index contributed by atoms with van der Waals surface area (Å²) in [6.07, 6.45) is 8.26. The Balaban J connectivity index is 1.58. The lowest BCUT2D eigenvalue weighted by atomic mass is 10.2. The Bertz CT molecular complexity index is 641. The number of aryl methyl sites for hydroxylation is 1. The Morgan fingerprint density at radius 3 is 2.75 bits per heavy atom. The third kappa shape index (κ3) is 5.09. The van der Waals surface area contributed by atoms with Crippen molar-refractivity contribution in [2.24, 2.45) is 0 Å². The highest BCUT2D eigenvalue weighted by Gasteiger charge is 2.13. The Morgan fingerprint density at radius 2 is 2.04 bits per heavy atom. The summed E-state index contributed by atoms with van der Waals surface area (Å²) in [6.45, 7) is 4.42. The van der Waals surface area contributed by atoms with Crippen molar-refractivity contribution in [1.82, 2.24) is 14.5 Å². The van der Waals surface area contributed by atoms with Crippen molar-refractivity contribution in [1.29, 1.82) is 0 Å². The molecule has 1 aliphatic heterocycles. The Kier molecular flexibility index (Phi) is 5.85. The van der Waals surface area contributed by atoms with E-state index < -0.39 is 0 Å². The first-order valence-electron chi connectivity index (χ1n) is 8.15. The first-order chi connectivity index (χ1) is 11.8. The van der Waals surface area contributed by atoms with Gasteiger partial charge in [-0.25, -0.2) is 9.37 Å². The van der Waals surface area contributed by atoms with E-state index in [0.29, 0.717) is 19.8 Å². The Labute approximate surface area is 141 Å². The summed E-state index contributed by atoms with van der Waals surface area (Å²) in [7, 11) is 0. The number of nitrogens with zero attached hydrogens (tertiary/aromatic N) is 3. The minimum atomic E-state index is -0.211. The van der Waals surface area contributed by atoms with Crippen LogP contribution < -0.4 is 0 Å². The van der Waals surface area contributed by atoms with E-state index in [0.717, 1.165) is 37.4 Å². The van der Waals surface area contributed by atoms with E-state index in [-0.39, 0.29) is 5.82 Å². The number of benzene rings is 1. The maximum Gasteiger partial charge on any atom is 0.144 e. The second-order valence-electron chi connectivity index (χ2n) is 5.79. The molecule has 0 saturated carbocycles. The van der Waals surface area contributed by atoms with Gasteiger partial charge in [0.25, 0.3) is 0 Å². The first-order valence-corrected chi connectivity index (χ1v) is 8.15. The van der Waals surface area contributed by atoms with Crippen LogP contribution in [-0.2, 0) is 22.6 Å². The SMILES string of the molecule is Fc1ccc(CN(CCCn2ccnc2)CC2=COCCO2)cc1. The number of hydrogen-bond donors (Lipinski definition) is 0. The molecule has 0 atom stereocenters. The van der Waals surface area contributed by atoms with E-state index >= 15 is 0 Å². The second-order valence-corrected chi connectivity index (χ2v) is 5.79. The van der Waals surface area contributed by atoms with Gasteiger partial charge in [-0.3, -0.25) is 4.90 Å². The van der Waals surface area contributed by atoms with E-state index in [4.69, 9.17) is 9.47 Å². The number of halogens is 1. The van der Waals surface area contributed by atoms with Crippen LogP contribution in [0.4, 0.5) is 4.39 Å².